The molecule has 2 atom stereocenters. The van der Waals surface area contributed by atoms with Crippen molar-refractivity contribution in [1.82, 2.24) is 14.7 Å². The highest BCUT2D eigenvalue weighted by molar-refractivity contribution is 5.43. The molecule has 1 aliphatic heterocycles. The van der Waals surface area contributed by atoms with E-state index in [0.29, 0.717) is 24.7 Å². The number of rotatable bonds is 12. The van der Waals surface area contributed by atoms with E-state index in [9.17, 15) is 9.50 Å². The van der Waals surface area contributed by atoms with Gasteiger partial charge in [0.25, 0.3) is 0 Å². The zero-order valence-corrected chi connectivity index (χ0v) is 20.7. The quantitative estimate of drug-likeness (QED) is 0.363. The number of nitrogens with zero attached hydrogens (tertiary/aromatic N) is 3. The van der Waals surface area contributed by atoms with Crippen LogP contribution in [0.15, 0.2) is 54.6 Å². The molecular formula is C28H36FN3O3. The second-order valence-corrected chi connectivity index (χ2v) is 9.30. The first kappa shape index (κ1) is 25.4. The second kappa shape index (κ2) is 12.3. The molecule has 1 aliphatic rings. The largest absolute Gasteiger partial charge is 0.439 e. The Kier molecular flexibility index (Phi) is 8.90. The first-order valence-corrected chi connectivity index (χ1v) is 12.6. The van der Waals surface area contributed by atoms with Gasteiger partial charge in [0, 0.05) is 26.2 Å². The molecule has 3 aromatic rings. The lowest BCUT2D eigenvalue weighted by atomic mass is 10.1. The highest BCUT2D eigenvalue weighted by atomic mass is 19.1. The van der Waals surface area contributed by atoms with E-state index >= 15 is 0 Å². The molecular weight excluding hydrogens is 445 g/mol. The lowest BCUT2D eigenvalue weighted by molar-refractivity contribution is 0.0434. The Labute approximate surface area is 207 Å². The van der Waals surface area contributed by atoms with Crippen molar-refractivity contribution in [1.29, 1.82) is 0 Å². The second-order valence-electron chi connectivity index (χ2n) is 9.30. The highest BCUT2D eigenvalue weighted by Crippen LogP contribution is 2.32. The third-order valence-corrected chi connectivity index (χ3v) is 6.39. The zero-order valence-electron chi connectivity index (χ0n) is 20.7. The molecule has 0 saturated carbocycles. The third kappa shape index (κ3) is 6.90. The molecule has 1 N–H and O–H groups in total. The molecule has 4 rings (SSSR count). The van der Waals surface area contributed by atoms with Crippen LogP contribution in [0.3, 0.4) is 0 Å². The van der Waals surface area contributed by atoms with Crippen molar-refractivity contribution in [3.63, 3.8) is 0 Å². The van der Waals surface area contributed by atoms with Crippen LogP contribution in [0.5, 0.6) is 11.6 Å². The van der Waals surface area contributed by atoms with Crippen LogP contribution in [0.4, 0.5) is 4.39 Å². The van der Waals surface area contributed by atoms with Crippen LogP contribution in [-0.4, -0.2) is 51.7 Å². The maximum absolute atomic E-state index is 13.5. The van der Waals surface area contributed by atoms with Crippen LogP contribution in [0.25, 0.3) is 5.69 Å². The van der Waals surface area contributed by atoms with Gasteiger partial charge in [0.15, 0.2) is 0 Å². The topological polar surface area (TPSA) is 59.8 Å². The molecule has 0 bridgehead atoms. The summed E-state index contributed by atoms with van der Waals surface area (Å²) in [5, 5.41) is 15.5. The molecule has 1 saturated heterocycles. The zero-order chi connectivity index (χ0) is 24.6. The lowest BCUT2D eigenvalue weighted by Crippen LogP contribution is -2.37. The summed E-state index contributed by atoms with van der Waals surface area (Å²) in [5.41, 5.74) is 2.68. The first-order chi connectivity index (χ1) is 17.0. The number of halogens is 1. The van der Waals surface area contributed by atoms with Gasteiger partial charge in [-0.15, -0.1) is 0 Å². The molecule has 35 heavy (non-hydrogen) atoms. The standard InChI is InChI=1S/C28H36FN3O3/c1-3-4-11-24(33)18-31(19-26-12-8-17-34-26)20-27-21(2)30-32(23-9-6-5-7-10-23)28(27)35-25-15-13-22(29)14-16-25/h5-7,9-10,13-16,24,26,33H,3-4,8,11-12,17-20H2,1-2H3. The van der Waals surface area contributed by atoms with E-state index in [-0.39, 0.29) is 11.9 Å². The summed E-state index contributed by atoms with van der Waals surface area (Å²) in [7, 11) is 0. The average Bonchev–Trinajstić information content (AvgIpc) is 3.48. The fourth-order valence-electron chi connectivity index (χ4n) is 4.52. The van der Waals surface area contributed by atoms with E-state index in [1.54, 1.807) is 16.8 Å². The number of benzene rings is 2. The predicted octanol–water partition coefficient (Wildman–Crippen LogP) is 5.64. The molecule has 2 unspecified atom stereocenters. The van der Waals surface area contributed by atoms with Crippen LogP contribution >= 0.6 is 0 Å². The molecule has 1 fully saturated rings. The highest BCUT2D eigenvalue weighted by Gasteiger charge is 2.26. The monoisotopic (exact) mass is 481 g/mol. The summed E-state index contributed by atoms with van der Waals surface area (Å²) in [5.74, 6) is 0.827. The van der Waals surface area contributed by atoms with Crippen molar-refractivity contribution in [3.8, 4) is 17.3 Å². The number of para-hydroxylation sites is 1. The van der Waals surface area contributed by atoms with E-state index in [1.165, 1.54) is 12.1 Å². The maximum atomic E-state index is 13.5. The van der Waals surface area contributed by atoms with Gasteiger partial charge in [-0.3, -0.25) is 4.90 Å². The summed E-state index contributed by atoms with van der Waals surface area (Å²) in [4.78, 5) is 2.26. The van der Waals surface area contributed by atoms with E-state index in [0.717, 1.165) is 62.2 Å². The number of hydrogen-bond donors (Lipinski definition) is 1. The Bertz CT molecular complexity index is 1050. The number of aliphatic hydroxyl groups excluding tert-OH is 1. The SMILES string of the molecule is CCCCC(O)CN(Cc1c(C)nn(-c2ccccc2)c1Oc1ccc(F)cc1)CC1CCCO1. The summed E-state index contributed by atoms with van der Waals surface area (Å²) in [6, 6.07) is 15.9. The van der Waals surface area contributed by atoms with E-state index in [1.807, 2.05) is 37.3 Å². The Morgan fingerprint density at radius 3 is 2.66 bits per heavy atom. The van der Waals surface area contributed by atoms with Crippen LogP contribution in [0.2, 0.25) is 0 Å². The first-order valence-electron chi connectivity index (χ1n) is 12.6. The molecule has 0 spiro atoms. The van der Waals surface area contributed by atoms with Crippen molar-refractivity contribution >= 4 is 0 Å². The number of aromatic nitrogens is 2. The smallest absolute Gasteiger partial charge is 0.227 e. The third-order valence-electron chi connectivity index (χ3n) is 6.39. The number of aliphatic hydroxyl groups is 1. The molecule has 6 nitrogen and oxygen atoms in total. The van der Waals surface area contributed by atoms with Gasteiger partial charge in [-0.2, -0.15) is 5.10 Å². The average molecular weight is 482 g/mol. The Hall–Kier alpha value is -2.74. The fraction of sp³-hybridized carbons (Fsp3) is 0.464. The molecule has 0 amide bonds. The summed E-state index contributed by atoms with van der Waals surface area (Å²) in [6.07, 6.45) is 4.70. The number of ether oxygens (including phenoxy) is 2. The summed E-state index contributed by atoms with van der Waals surface area (Å²) in [6.45, 7) is 6.78. The van der Waals surface area contributed by atoms with Crippen molar-refractivity contribution in [3.05, 3.63) is 71.7 Å². The minimum absolute atomic E-state index is 0.166. The summed E-state index contributed by atoms with van der Waals surface area (Å²) < 4.78 is 27.6. The van der Waals surface area contributed by atoms with Crippen molar-refractivity contribution in [2.45, 2.75) is 64.7 Å². The van der Waals surface area contributed by atoms with Crippen LogP contribution in [0, 0.1) is 12.7 Å². The fourth-order valence-corrected chi connectivity index (χ4v) is 4.52. The van der Waals surface area contributed by atoms with Gasteiger partial charge in [0.1, 0.15) is 11.6 Å². The maximum Gasteiger partial charge on any atom is 0.227 e. The van der Waals surface area contributed by atoms with Gasteiger partial charge in [-0.25, -0.2) is 9.07 Å². The summed E-state index contributed by atoms with van der Waals surface area (Å²) >= 11 is 0. The van der Waals surface area contributed by atoms with E-state index in [4.69, 9.17) is 14.6 Å². The van der Waals surface area contributed by atoms with Crippen LogP contribution in [0.1, 0.15) is 50.3 Å². The Morgan fingerprint density at radius 1 is 1.20 bits per heavy atom. The van der Waals surface area contributed by atoms with Crippen LogP contribution in [-0.2, 0) is 11.3 Å². The molecule has 1 aromatic heterocycles. The Balaban J connectivity index is 1.65. The van der Waals surface area contributed by atoms with Gasteiger partial charge >= 0.3 is 0 Å². The number of hydrogen-bond acceptors (Lipinski definition) is 5. The molecule has 188 valence electrons. The van der Waals surface area contributed by atoms with Crippen molar-refractivity contribution < 1.29 is 19.0 Å². The number of aryl methyl sites for hydroxylation is 1. The van der Waals surface area contributed by atoms with Crippen molar-refractivity contribution in [2.24, 2.45) is 0 Å². The minimum Gasteiger partial charge on any atom is -0.439 e. The van der Waals surface area contributed by atoms with Crippen LogP contribution < -0.4 is 4.74 Å². The van der Waals surface area contributed by atoms with E-state index < -0.39 is 6.10 Å². The van der Waals surface area contributed by atoms with Gasteiger partial charge in [-0.1, -0.05) is 38.0 Å². The van der Waals surface area contributed by atoms with Gasteiger partial charge in [0.2, 0.25) is 5.88 Å². The minimum atomic E-state index is -0.401. The molecule has 7 heteroatoms. The van der Waals surface area contributed by atoms with Gasteiger partial charge in [-0.05, 0) is 62.6 Å². The van der Waals surface area contributed by atoms with E-state index in [2.05, 4.69) is 11.8 Å². The molecule has 0 radical (unpaired) electrons. The molecule has 0 aliphatic carbocycles. The van der Waals surface area contributed by atoms with Gasteiger partial charge in [0.05, 0.1) is 29.2 Å². The molecule has 2 heterocycles. The van der Waals surface area contributed by atoms with Gasteiger partial charge < -0.3 is 14.6 Å². The van der Waals surface area contributed by atoms with Crippen molar-refractivity contribution in [2.75, 3.05) is 19.7 Å². The predicted molar refractivity (Wildman–Crippen MR) is 135 cm³/mol. The lowest BCUT2D eigenvalue weighted by Gasteiger charge is -2.27. The Morgan fingerprint density at radius 2 is 1.97 bits per heavy atom. The molecule has 2 aromatic carbocycles. The number of unbranched alkanes of at least 4 members (excludes halogenated alkanes) is 1. The normalized spacial score (nSPS) is 16.7.